The minimum absolute atomic E-state index is 0.0618. The fraction of sp³-hybridized carbons (Fsp3) is 0.650. The fourth-order valence-corrected chi connectivity index (χ4v) is 1.14. The first-order valence-electron chi connectivity index (χ1n) is 8.47. The van der Waals surface area contributed by atoms with Crippen molar-refractivity contribution in [1.29, 1.82) is 0 Å². The van der Waals surface area contributed by atoms with E-state index in [0.29, 0.717) is 0 Å². The summed E-state index contributed by atoms with van der Waals surface area (Å²) in [5.41, 5.74) is -0.948. The molecule has 0 bridgehead atoms. The molecule has 0 aromatic heterocycles. The van der Waals surface area contributed by atoms with Crippen LogP contribution in [0.5, 0.6) is 0 Å². The molecular formula is C20H32O9. The summed E-state index contributed by atoms with van der Waals surface area (Å²) >= 11 is 0. The lowest BCUT2D eigenvalue weighted by Gasteiger charge is -2.19. The average Bonchev–Trinajstić information content (AvgIpc) is 2.53. The van der Waals surface area contributed by atoms with Gasteiger partial charge in [0.25, 0.3) is 0 Å². The monoisotopic (exact) mass is 416 g/mol. The highest BCUT2D eigenvalue weighted by Gasteiger charge is 2.15. The Morgan fingerprint density at radius 3 is 1.45 bits per heavy atom. The third-order valence-corrected chi connectivity index (χ3v) is 1.79. The Kier molecular flexibility index (Phi) is 18.8. The molecule has 0 spiro atoms. The number of esters is 2. The van der Waals surface area contributed by atoms with Crippen LogP contribution in [0.1, 0.15) is 41.5 Å². The topological polar surface area (TPSA) is 129 Å². The predicted molar refractivity (Wildman–Crippen MR) is 106 cm³/mol. The number of carboxylic acid groups (broad SMARTS) is 1. The number of aliphatic carboxylic acids is 1. The summed E-state index contributed by atoms with van der Waals surface area (Å²) in [5, 5.41) is 16.2. The SMILES string of the molecule is C#CCOCC(=O)O.C#CCOCC(=O)OC(C)(C)C.CC(C)(C)OC(=O)CO. The molecule has 29 heavy (non-hydrogen) atoms. The zero-order valence-corrected chi connectivity index (χ0v) is 17.9. The highest BCUT2D eigenvalue weighted by molar-refractivity contribution is 5.71. The number of carbonyl (C=O) groups is 3. The van der Waals surface area contributed by atoms with Gasteiger partial charge in [0, 0.05) is 0 Å². The molecule has 0 aliphatic carbocycles. The first-order chi connectivity index (χ1) is 13.2. The van der Waals surface area contributed by atoms with Crippen LogP contribution in [0, 0.1) is 24.7 Å². The highest BCUT2D eigenvalue weighted by atomic mass is 16.6. The number of rotatable bonds is 7. The van der Waals surface area contributed by atoms with E-state index in [0.717, 1.165) is 0 Å². The van der Waals surface area contributed by atoms with Crippen molar-refractivity contribution < 1.29 is 43.5 Å². The van der Waals surface area contributed by atoms with Gasteiger partial charge in [-0.25, -0.2) is 14.4 Å². The van der Waals surface area contributed by atoms with Crippen LogP contribution < -0.4 is 0 Å². The number of carboxylic acids is 1. The third kappa shape index (κ3) is 37.0. The van der Waals surface area contributed by atoms with Crippen molar-refractivity contribution in [2.75, 3.05) is 33.0 Å². The van der Waals surface area contributed by atoms with Gasteiger partial charge < -0.3 is 29.2 Å². The number of carbonyl (C=O) groups excluding carboxylic acids is 2. The number of aliphatic hydroxyl groups is 1. The molecule has 0 saturated carbocycles. The van der Waals surface area contributed by atoms with Crippen LogP contribution in [0.15, 0.2) is 0 Å². The highest BCUT2D eigenvalue weighted by Crippen LogP contribution is 2.06. The standard InChI is InChI=1S/C9H14O3.C6H12O3.C5H6O3/c1-5-6-11-7-8(10)12-9(2,3)4;1-6(2,3)9-5(8)4-7;1-2-3-8-4-5(6)7/h1H,6-7H2,2-4H3;7H,4H2,1-3H3;1H,3-4H2,(H,6,7). The second-order valence-corrected chi connectivity index (χ2v) is 7.12. The van der Waals surface area contributed by atoms with Gasteiger partial charge in [-0.05, 0) is 41.5 Å². The molecule has 0 saturated heterocycles. The van der Waals surface area contributed by atoms with Gasteiger partial charge in [0.05, 0.1) is 0 Å². The van der Waals surface area contributed by atoms with Crippen molar-refractivity contribution in [2.24, 2.45) is 0 Å². The minimum atomic E-state index is -1.000. The van der Waals surface area contributed by atoms with E-state index in [1.54, 1.807) is 41.5 Å². The molecule has 0 rings (SSSR count). The fourth-order valence-electron chi connectivity index (χ4n) is 1.14. The molecule has 0 aliphatic rings. The summed E-state index contributed by atoms with van der Waals surface area (Å²) in [5.74, 6) is 2.42. The normalized spacial score (nSPS) is 9.97. The molecule has 0 aromatic carbocycles. The van der Waals surface area contributed by atoms with Crippen LogP contribution in [0.2, 0.25) is 0 Å². The van der Waals surface area contributed by atoms with Gasteiger partial charge in [0.2, 0.25) is 0 Å². The molecule has 0 atom stereocenters. The Balaban J connectivity index is -0.000000359. The Morgan fingerprint density at radius 2 is 1.17 bits per heavy atom. The lowest BCUT2D eigenvalue weighted by Crippen LogP contribution is -2.26. The molecule has 0 radical (unpaired) electrons. The quantitative estimate of drug-likeness (QED) is 0.355. The van der Waals surface area contributed by atoms with Crippen LogP contribution >= 0.6 is 0 Å². The van der Waals surface area contributed by atoms with E-state index in [9.17, 15) is 14.4 Å². The zero-order valence-electron chi connectivity index (χ0n) is 17.9. The van der Waals surface area contributed by atoms with Crippen LogP contribution in [0.3, 0.4) is 0 Å². The Bertz CT molecular complexity index is 554. The van der Waals surface area contributed by atoms with E-state index in [-0.39, 0.29) is 26.4 Å². The Morgan fingerprint density at radius 1 is 0.793 bits per heavy atom. The predicted octanol–water partition coefficient (Wildman–Crippen LogP) is 1.02. The number of terminal acetylenes is 2. The van der Waals surface area contributed by atoms with Crippen LogP contribution in [0.4, 0.5) is 0 Å². The molecule has 0 aromatic rings. The van der Waals surface area contributed by atoms with Gasteiger partial charge >= 0.3 is 17.9 Å². The number of hydrogen-bond acceptors (Lipinski definition) is 8. The van der Waals surface area contributed by atoms with Crippen molar-refractivity contribution in [3.8, 4) is 24.7 Å². The lowest BCUT2D eigenvalue weighted by atomic mass is 10.2. The van der Waals surface area contributed by atoms with Crippen molar-refractivity contribution in [3.63, 3.8) is 0 Å². The molecule has 0 fully saturated rings. The van der Waals surface area contributed by atoms with E-state index in [1.165, 1.54) is 0 Å². The van der Waals surface area contributed by atoms with Gasteiger partial charge in [-0.1, -0.05) is 11.8 Å². The first-order valence-corrected chi connectivity index (χ1v) is 8.47. The smallest absolute Gasteiger partial charge is 0.332 e. The minimum Gasteiger partial charge on any atom is -0.480 e. The summed E-state index contributed by atoms with van der Waals surface area (Å²) in [6.45, 7) is 9.90. The van der Waals surface area contributed by atoms with E-state index in [4.69, 9.17) is 37.3 Å². The largest absolute Gasteiger partial charge is 0.480 e. The van der Waals surface area contributed by atoms with Gasteiger partial charge in [-0.2, -0.15) is 0 Å². The summed E-state index contributed by atoms with van der Waals surface area (Å²) in [6, 6.07) is 0. The Labute approximate surface area is 172 Å². The number of hydrogen-bond donors (Lipinski definition) is 2. The van der Waals surface area contributed by atoms with Gasteiger partial charge in [-0.3, -0.25) is 0 Å². The molecule has 0 aliphatic heterocycles. The molecule has 0 amide bonds. The summed E-state index contributed by atoms with van der Waals surface area (Å²) in [6.07, 6.45) is 9.66. The zero-order chi connectivity index (χ0) is 23.5. The second kappa shape index (κ2) is 17.5. The van der Waals surface area contributed by atoms with Gasteiger partial charge in [0.15, 0.2) is 0 Å². The van der Waals surface area contributed by atoms with E-state index < -0.39 is 35.7 Å². The maximum Gasteiger partial charge on any atom is 0.332 e. The lowest BCUT2D eigenvalue weighted by molar-refractivity contribution is -0.160. The van der Waals surface area contributed by atoms with E-state index >= 15 is 0 Å². The van der Waals surface area contributed by atoms with Crippen molar-refractivity contribution in [3.05, 3.63) is 0 Å². The van der Waals surface area contributed by atoms with E-state index in [1.807, 2.05) is 0 Å². The van der Waals surface area contributed by atoms with E-state index in [2.05, 4.69) is 16.6 Å². The summed E-state index contributed by atoms with van der Waals surface area (Å²) < 4.78 is 18.8. The molecular weight excluding hydrogens is 384 g/mol. The molecule has 9 heteroatoms. The van der Waals surface area contributed by atoms with Crippen LogP contribution in [0.25, 0.3) is 0 Å². The van der Waals surface area contributed by atoms with Crippen LogP contribution in [-0.2, 0) is 33.3 Å². The maximum atomic E-state index is 10.9. The molecule has 0 heterocycles. The first kappa shape index (κ1) is 31.1. The number of ether oxygens (including phenoxy) is 4. The number of aliphatic hydroxyl groups excluding tert-OH is 1. The molecule has 0 unspecified atom stereocenters. The summed E-state index contributed by atoms with van der Waals surface area (Å²) in [7, 11) is 0. The third-order valence-electron chi connectivity index (χ3n) is 1.79. The van der Waals surface area contributed by atoms with Crippen LogP contribution in [-0.4, -0.2) is 72.4 Å². The second-order valence-electron chi connectivity index (χ2n) is 7.12. The maximum absolute atomic E-state index is 10.9. The molecule has 9 nitrogen and oxygen atoms in total. The van der Waals surface area contributed by atoms with Crippen molar-refractivity contribution >= 4 is 17.9 Å². The van der Waals surface area contributed by atoms with Gasteiger partial charge in [-0.15, -0.1) is 12.8 Å². The average molecular weight is 416 g/mol. The van der Waals surface area contributed by atoms with Gasteiger partial charge in [0.1, 0.15) is 44.2 Å². The Hall–Kier alpha value is -2.59. The summed E-state index contributed by atoms with van der Waals surface area (Å²) in [4.78, 5) is 31.0. The van der Waals surface area contributed by atoms with Crippen molar-refractivity contribution in [1.82, 2.24) is 0 Å². The molecule has 2 N–H and O–H groups in total. The van der Waals surface area contributed by atoms with Crippen molar-refractivity contribution in [2.45, 2.75) is 52.7 Å². The molecule has 166 valence electrons.